The maximum Gasteiger partial charge on any atom is 0.274 e. The average Bonchev–Trinajstić information content (AvgIpc) is 3.47. The number of aromatic nitrogens is 3. The van der Waals surface area contributed by atoms with Gasteiger partial charge < -0.3 is 9.80 Å². The van der Waals surface area contributed by atoms with E-state index in [-0.39, 0.29) is 11.8 Å². The van der Waals surface area contributed by atoms with Gasteiger partial charge in [-0.15, -0.1) is 23.1 Å². The molecular formula is C19H19N5O2S2. The topological polar surface area (TPSA) is 71.3 Å². The van der Waals surface area contributed by atoms with E-state index in [9.17, 15) is 9.59 Å². The van der Waals surface area contributed by atoms with Gasteiger partial charge in [-0.3, -0.25) is 9.59 Å². The van der Waals surface area contributed by atoms with Crippen LogP contribution in [0.4, 0.5) is 0 Å². The van der Waals surface area contributed by atoms with Gasteiger partial charge in [0.2, 0.25) is 5.91 Å². The zero-order chi connectivity index (χ0) is 19.7. The molecule has 1 unspecified atom stereocenters. The van der Waals surface area contributed by atoms with Gasteiger partial charge in [-0.25, -0.2) is 9.67 Å². The van der Waals surface area contributed by atoms with Gasteiger partial charge in [0, 0.05) is 37.0 Å². The number of likely N-dealkylation sites (N-methyl/N-ethyl adjacent to an activating group) is 1. The first-order chi connectivity index (χ1) is 13.5. The predicted octanol–water partition coefficient (Wildman–Crippen LogP) is 2.60. The molecule has 9 heteroatoms. The van der Waals surface area contributed by atoms with Gasteiger partial charge in [-0.05, 0) is 12.1 Å². The fourth-order valence-corrected chi connectivity index (χ4v) is 4.87. The summed E-state index contributed by atoms with van der Waals surface area (Å²) in [4.78, 5) is 32.9. The molecule has 1 aromatic carbocycles. The summed E-state index contributed by atoms with van der Waals surface area (Å²) in [5.74, 6) is 0.854. The third-order valence-corrected chi connectivity index (χ3v) is 6.35. The second-order valence-corrected chi connectivity index (χ2v) is 8.43. The Hall–Kier alpha value is -2.65. The highest BCUT2D eigenvalue weighted by Crippen LogP contribution is 2.28. The van der Waals surface area contributed by atoms with Gasteiger partial charge in [0.25, 0.3) is 5.91 Å². The molecule has 0 bridgehead atoms. The van der Waals surface area contributed by atoms with Crippen molar-refractivity contribution in [3.63, 3.8) is 0 Å². The van der Waals surface area contributed by atoms with E-state index in [0.717, 1.165) is 16.3 Å². The first kappa shape index (κ1) is 18.7. The summed E-state index contributed by atoms with van der Waals surface area (Å²) in [6.45, 7) is 0. The van der Waals surface area contributed by atoms with E-state index < -0.39 is 6.04 Å². The van der Waals surface area contributed by atoms with E-state index in [0.29, 0.717) is 17.3 Å². The molecule has 2 amide bonds. The molecule has 7 nitrogen and oxygen atoms in total. The van der Waals surface area contributed by atoms with Crippen molar-refractivity contribution in [1.82, 2.24) is 24.6 Å². The van der Waals surface area contributed by atoms with Crippen LogP contribution < -0.4 is 0 Å². The van der Waals surface area contributed by atoms with Crippen LogP contribution in [0, 0.1) is 0 Å². The number of thioether (sulfide) groups is 1. The molecule has 1 saturated heterocycles. The molecule has 0 saturated carbocycles. The average molecular weight is 414 g/mol. The highest BCUT2D eigenvalue weighted by Gasteiger charge is 2.36. The van der Waals surface area contributed by atoms with Crippen LogP contribution >= 0.6 is 23.1 Å². The molecule has 144 valence electrons. The lowest BCUT2D eigenvalue weighted by Crippen LogP contribution is -2.46. The Morgan fingerprint density at radius 2 is 2.00 bits per heavy atom. The Morgan fingerprint density at radius 3 is 2.75 bits per heavy atom. The zero-order valence-electron chi connectivity index (χ0n) is 15.5. The van der Waals surface area contributed by atoms with Crippen molar-refractivity contribution in [3.05, 3.63) is 53.8 Å². The standard InChI is InChI=1S/C19H19N5O2S2/c1-22(2)19(26)16-11-27-12-23(16)18(25)15-10-28-17(21-15)13-8-20-24(9-13)14-6-4-3-5-7-14/h3-10,16H,11-12H2,1-2H3. The molecule has 4 rings (SSSR count). The molecular weight excluding hydrogens is 394 g/mol. The summed E-state index contributed by atoms with van der Waals surface area (Å²) in [5.41, 5.74) is 2.18. The second-order valence-electron chi connectivity index (χ2n) is 6.57. The Balaban J connectivity index is 1.54. The molecule has 1 atom stereocenters. The lowest BCUT2D eigenvalue weighted by Gasteiger charge is -2.24. The maximum atomic E-state index is 12.9. The number of nitrogens with zero attached hydrogens (tertiary/aromatic N) is 5. The van der Waals surface area contributed by atoms with E-state index in [4.69, 9.17) is 0 Å². The molecule has 0 radical (unpaired) electrons. The van der Waals surface area contributed by atoms with Crippen LogP contribution in [0.15, 0.2) is 48.1 Å². The molecule has 28 heavy (non-hydrogen) atoms. The van der Waals surface area contributed by atoms with E-state index in [1.54, 1.807) is 47.0 Å². The van der Waals surface area contributed by atoms with Crippen LogP contribution in [0.25, 0.3) is 16.3 Å². The number of carbonyl (C=O) groups is 2. The van der Waals surface area contributed by atoms with Gasteiger partial charge in [0.15, 0.2) is 0 Å². The zero-order valence-corrected chi connectivity index (χ0v) is 17.1. The third kappa shape index (κ3) is 3.55. The van der Waals surface area contributed by atoms with E-state index in [1.807, 2.05) is 36.5 Å². The normalized spacial score (nSPS) is 16.4. The predicted molar refractivity (Wildman–Crippen MR) is 111 cm³/mol. The van der Waals surface area contributed by atoms with Gasteiger partial charge >= 0.3 is 0 Å². The maximum absolute atomic E-state index is 12.9. The number of hydrogen-bond acceptors (Lipinski definition) is 6. The SMILES string of the molecule is CN(C)C(=O)C1CSCN1C(=O)c1csc(-c2cnn(-c3ccccc3)c2)n1. The number of benzene rings is 1. The molecule has 0 aliphatic carbocycles. The summed E-state index contributed by atoms with van der Waals surface area (Å²) in [6, 6.07) is 9.38. The minimum atomic E-state index is -0.432. The molecule has 3 heterocycles. The van der Waals surface area contributed by atoms with Crippen LogP contribution in [-0.2, 0) is 4.79 Å². The van der Waals surface area contributed by atoms with Crippen LogP contribution in [0.3, 0.4) is 0 Å². The molecule has 1 fully saturated rings. The molecule has 0 N–H and O–H groups in total. The molecule has 1 aliphatic heterocycles. The molecule has 2 aromatic heterocycles. The molecule has 3 aromatic rings. The first-order valence-corrected chi connectivity index (χ1v) is 10.7. The third-order valence-electron chi connectivity index (χ3n) is 4.44. The lowest BCUT2D eigenvalue weighted by atomic mass is 10.2. The monoisotopic (exact) mass is 413 g/mol. The Morgan fingerprint density at radius 1 is 1.21 bits per heavy atom. The smallest absolute Gasteiger partial charge is 0.274 e. The number of para-hydroxylation sites is 1. The fraction of sp³-hybridized carbons (Fsp3) is 0.263. The summed E-state index contributed by atoms with van der Waals surface area (Å²) in [7, 11) is 3.42. The fourth-order valence-electron chi connectivity index (χ4n) is 2.95. The van der Waals surface area contributed by atoms with E-state index in [1.165, 1.54) is 16.2 Å². The van der Waals surface area contributed by atoms with Crippen molar-refractivity contribution in [1.29, 1.82) is 0 Å². The summed E-state index contributed by atoms with van der Waals surface area (Å²) >= 11 is 2.98. The summed E-state index contributed by atoms with van der Waals surface area (Å²) < 4.78 is 1.78. The number of carbonyl (C=O) groups excluding carboxylic acids is 2. The minimum absolute atomic E-state index is 0.0575. The molecule has 0 spiro atoms. The number of amides is 2. The lowest BCUT2D eigenvalue weighted by molar-refractivity contribution is -0.132. The van der Waals surface area contributed by atoms with Crippen LogP contribution in [0.2, 0.25) is 0 Å². The highest BCUT2D eigenvalue weighted by molar-refractivity contribution is 7.99. The minimum Gasteiger partial charge on any atom is -0.347 e. The van der Waals surface area contributed by atoms with E-state index in [2.05, 4.69) is 10.1 Å². The van der Waals surface area contributed by atoms with E-state index >= 15 is 0 Å². The van der Waals surface area contributed by atoms with Gasteiger partial charge in [-0.2, -0.15) is 5.10 Å². The number of thiazole rings is 1. The Labute approximate surface area is 171 Å². The van der Waals surface area contributed by atoms with Crippen LogP contribution in [0.1, 0.15) is 10.5 Å². The van der Waals surface area contributed by atoms with Crippen molar-refractivity contribution in [3.8, 4) is 16.3 Å². The van der Waals surface area contributed by atoms with Crippen molar-refractivity contribution in [2.75, 3.05) is 25.7 Å². The molecule has 1 aliphatic rings. The summed E-state index contributed by atoms with van der Waals surface area (Å²) in [6.07, 6.45) is 3.64. The van der Waals surface area contributed by atoms with Gasteiger partial charge in [0.1, 0.15) is 16.7 Å². The van der Waals surface area contributed by atoms with Gasteiger partial charge in [-0.1, -0.05) is 18.2 Å². The Bertz CT molecular complexity index is 999. The van der Waals surface area contributed by atoms with Crippen molar-refractivity contribution in [2.45, 2.75) is 6.04 Å². The first-order valence-electron chi connectivity index (χ1n) is 8.70. The quantitative estimate of drug-likeness (QED) is 0.658. The van der Waals surface area contributed by atoms with Crippen molar-refractivity contribution in [2.24, 2.45) is 0 Å². The summed E-state index contributed by atoms with van der Waals surface area (Å²) in [5, 5.41) is 6.86. The van der Waals surface area contributed by atoms with Crippen LogP contribution in [-0.4, -0.2) is 68.1 Å². The van der Waals surface area contributed by atoms with Gasteiger partial charge in [0.05, 0.1) is 17.8 Å². The highest BCUT2D eigenvalue weighted by atomic mass is 32.2. The largest absolute Gasteiger partial charge is 0.347 e. The second kappa shape index (κ2) is 7.76. The van der Waals surface area contributed by atoms with Crippen molar-refractivity contribution >= 4 is 34.9 Å². The Kier molecular flexibility index (Phi) is 5.19. The number of hydrogen-bond donors (Lipinski definition) is 0. The van der Waals surface area contributed by atoms with Crippen molar-refractivity contribution < 1.29 is 9.59 Å². The van der Waals surface area contributed by atoms with Crippen LogP contribution in [0.5, 0.6) is 0 Å². The number of rotatable bonds is 4.